The third-order valence-corrected chi connectivity index (χ3v) is 5.57. The van der Waals surface area contributed by atoms with Crippen molar-refractivity contribution in [3.8, 4) is 0 Å². The highest BCUT2D eigenvalue weighted by Crippen LogP contribution is 2.60. The molecule has 1 aromatic heterocycles. The zero-order chi connectivity index (χ0) is 14.4. The Hall–Kier alpha value is -0.900. The molecule has 0 amide bonds. The van der Waals surface area contributed by atoms with Gasteiger partial charge in [-0.25, -0.2) is 9.67 Å². The van der Waals surface area contributed by atoms with Crippen LogP contribution in [0.5, 0.6) is 0 Å². The van der Waals surface area contributed by atoms with Crippen LogP contribution in [-0.4, -0.2) is 27.4 Å². The number of rotatable bonds is 7. The van der Waals surface area contributed by atoms with Gasteiger partial charge in [-0.05, 0) is 55.3 Å². The van der Waals surface area contributed by atoms with Crippen molar-refractivity contribution in [1.82, 2.24) is 20.1 Å². The van der Waals surface area contributed by atoms with Crippen LogP contribution in [0.3, 0.4) is 0 Å². The van der Waals surface area contributed by atoms with Gasteiger partial charge in [0.25, 0.3) is 0 Å². The molecule has 21 heavy (non-hydrogen) atoms. The van der Waals surface area contributed by atoms with Gasteiger partial charge in [0.2, 0.25) is 0 Å². The summed E-state index contributed by atoms with van der Waals surface area (Å²) in [4.78, 5) is 4.58. The first-order valence-electron chi connectivity index (χ1n) is 8.74. The lowest BCUT2D eigenvalue weighted by Crippen LogP contribution is -2.37. The Morgan fingerprint density at radius 2 is 2.10 bits per heavy atom. The second-order valence-corrected chi connectivity index (χ2v) is 8.25. The van der Waals surface area contributed by atoms with E-state index in [1.807, 2.05) is 0 Å². The monoisotopic (exact) mass is 288 g/mol. The van der Waals surface area contributed by atoms with E-state index in [9.17, 15) is 0 Å². The van der Waals surface area contributed by atoms with Crippen molar-refractivity contribution in [3.05, 3.63) is 12.2 Å². The van der Waals surface area contributed by atoms with Crippen molar-refractivity contribution < 1.29 is 0 Å². The molecule has 3 aliphatic rings. The van der Waals surface area contributed by atoms with E-state index in [4.69, 9.17) is 0 Å². The minimum atomic E-state index is 0.456. The van der Waals surface area contributed by atoms with E-state index >= 15 is 0 Å². The van der Waals surface area contributed by atoms with Crippen molar-refractivity contribution in [1.29, 1.82) is 0 Å². The summed E-state index contributed by atoms with van der Waals surface area (Å²) in [5, 5.41) is 8.25. The van der Waals surface area contributed by atoms with E-state index < -0.39 is 0 Å². The zero-order valence-corrected chi connectivity index (χ0v) is 13.4. The molecule has 3 aliphatic carbocycles. The number of nitrogens with zero attached hydrogens (tertiary/aromatic N) is 3. The molecule has 116 valence electrons. The lowest BCUT2D eigenvalue weighted by molar-refractivity contribution is 0.237. The summed E-state index contributed by atoms with van der Waals surface area (Å²) in [6, 6.07) is 0.812. The van der Waals surface area contributed by atoms with E-state index in [-0.39, 0.29) is 0 Å². The van der Waals surface area contributed by atoms with Crippen molar-refractivity contribution in [2.75, 3.05) is 6.54 Å². The highest BCUT2D eigenvalue weighted by Gasteiger charge is 2.54. The topological polar surface area (TPSA) is 42.7 Å². The maximum atomic E-state index is 4.58. The van der Waals surface area contributed by atoms with Crippen LogP contribution in [0.1, 0.15) is 51.8 Å². The van der Waals surface area contributed by atoms with Gasteiger partial charge < -0.3 is 5.32 Å². The Morgan fingerprint density at radius 1 is 1.33 bits per heavy atom. The summed E-state index contributed by atoms with van der Waals surface area (Å²) in [7, 11) is 0. The molecule has 2 atom stereocenters. The maximum absolute atomic E-state index is 4.58. The predicted octanol–water partition coefficient (Wildman–Crippen LogP) is 2.64. The van der Waals surface area contributed by atoms with Crippen molar-refractivity contribution in [3.63, 3.8) is 0 Å². The van der Waals surface area contributed by atoms with Gasteiger partial charge in [0.1, 0.15) is 12.2 Å². The second-order valence-electron chi connectivity index (χ2n) is 8.25. The molecule has 0 radical (unpaired) electrons. The molecule has 1 heterocycles. The van der Waals surface area contributed by atoms with Gasteiger partial charge in [-0.15, -0.1) is 0 Å². The highest BCUT2D eigenvalue weighted by atomic mass is 15.3. The lowest BCUT2D eigenvalue weighted by Gasteiger charge is -2.31. The summed E-state index contributed by atoms with van der Waals surface area (Å²) in [6.07, 6.45) is 9.93. The van der Waals surface area contributed by atoms with Gasteiger partial charge in [0.15, 0.2) is 0 Å². The second kappa shape index (κ2) is 5.08. The summed E-state index contributed by atoms with van der Waals surface area (Å²) in [5.41, 5.74) is 0.456. The van der Waals surface area contributed by atoms with Crippen LogP contribution in [0.4, 0.5) is 0 Å². The lowest BCUT2D eigenvalue weighted by atomic mass is 9.79. The maximum Gasteiger partial charge on any atom is 0.138 e. The molecule has 0 aliphatic heterocycles. The predicted molar refractivity (Wildman–Crippen MR) is 82.9 cm³/mol. The van der Waals surface area contributed by atoms with Crippen molar-refractivity contribution >= 4 is 0 Å². The average molecular weight is 288 g/mol. The van der Waals surface area contributed by atoms with E-state index in [0.717, 1.165) is 30.8 Å². The van der Waals surface area contributed by atoms with Gasteiger partial charge in [0, 0.05) is 25.6 Å². The molecule has 0 aromatic carbocycles. The summed E-state index contributed by atoms with van der Waals surface area (Å²) in [6.45, 7) is 6.69. The molecular formula is C17H28N4. The summed E-state index contributed by atoms with van der Waals surface area (Å²) >= 11 is 0. The average Bonchev–Trinajstić information content (AvgIpc) is 3.32. The van der Waals surface area contributed by atoms with E-state index in [0.29, 0.717) is 11.3 Å². The Labute approximate surface area is 127 Å². The molecule has 4 heteroatoms. The van der Waals surface area contributed by atoms with Gasteiger partial charge in [-0.3, -0.25) is 0 Å². The first-order chi connectivity index (χ1) is 10.1. The first-order valence-corrected chi connectivity index (χ1v) is 8.74. The first kappa shape index (κ1) is 13.7. The third kappa shape index (κ3) is 3.01. The van der Waals surface area contributed by atoms with Gasteiger partial charge in [-0.2, -0.15) is 5.10 Å². The smallest absolute Gasteiger partial charge is 0.138 e. The van der Waals surface area contributed by atoms with E-state index in [2.05, 4.69) is 33.9 Å². The number of hydrogen-bond donors (Lipinski definition) is 1. The Kier molecular flexibility index (Phi) is 3.32. The largest absolute Gasteiger partial charge is 0.313 e. The van der Waals surface area contributed by atoms with Crippen LogP contribution in [0, 0.1) is 23.2 Å². The molecule has 0 bridgehead atoms. The minimum Gasteiger partial charge on any atom is -0.313 e. The number of aromatic nitrogens is 3. The normalized spacial score (nSPS) is 34.4. The fourth-order valence-electron chi connectivity index (χ4n) is 4.26. The van der Waals surface area contributed by atoms with Crippen molar-refractivity contribution in [2.24, 2.45) is 23.2 Å². The van der Waals surface area contributed by atoms with Crippen LogP contribution in [-0.2, 0) is 13.0 Å². The zero-order valence-electron chi connectivity index (χ0n) is 13.4. The van der Waals surface area contributed by atoms with E-state index in [1.54, 1.807) is 6.33 Å². The van der Waals surface area contributed by atoms with E-state index in [1.165, 1.54) is 44.5 Å². The molecular weight excluding hydrogens is 260 g/mol. The van der Waals surface area contributed by atoms with Crippen LogP contribution >= 0.6 is 0 Å². The SMILES string of the molecule is CC(C)Cn1ncnc1CC1(CNC2CC2)CC2CC2C1. The van der Waals surface area contributed by atoms with Gasteiger partial charge >= 0.3 is 0 Å². The van der Waals surface area contributed by atoms with Gasteiger partial charge in [-0.1, -0.05) is 13.8 Å². The van der Waals surface area contributed by atoms with Crippen LogP contribution < -0.4 is 5.32 Å². The quantitative estimate of drug-likeness (QED) is 0.839. The summed E-state index contributed by atoms with van der Waals surface area (Å²) in [5.74, 6) is 3.88. The molecule has 4 rings (SSSR count). The molecule has 2 unspecified atom stereocenters. The van der Waals surface area contributed by atoms with Crippen molar-refractivity contribution in [2.45, 2.75) is 65.0 Å². The highest BCUT2D eigenvalue weighted by molar-refractivity contribution is 5.08. The number of hydrogen-bond acceptors (Lipinski definition) is 3. The molecule has 0 spiro atoms. The fourth-order valence-corrected chi connectivity index (χ4v) is 4.26. The molecule has 0 saturated heterocycles. The Bertz CT molecular complexity index is 493. The number of fused-ring (bicyclic) bond motifs is 1. The Morgan fingerprint density at radius 3 is 2.76 bits per heavy atom. The third-order valence-electron chi connectivity index (χ3n) is 5.57. The van der Waals surface area contributed by atoms with Crippen LogP contribution in [0.25, 0.3) is 0 Å². The molecule has 3 fully saturated rings. The van der Waals surface area contributed by atoms with Crippen LogP contribution in [0.2, 0.25) is 0 Å². The minimum absolute atomic E-state index is 0.456. The summed E-state index contributed by atoms with van der Waals surface area (Å²) < 4.78 is 2.15. The molecule has 1 N–H and O–H groups in total. The standard InChI is InChI=1S/C17H28N4/c1-12(2)9-21-16(19-11-20-21)8-17(10-18-15-3-4-15)6-13-5-14(13)7-17/h11-15,18H,3-10H2,1-2H3. The molecule has 4 nitrogen and oxygen atoms in total. The molecule has 3 saturated carbocycles. The fraction of sp³-hybridized carbons (Fsp3) is 0.882. The molecule has 1 aromatic rings. The van der Waals surface area contributed by atoms with Gasteiger partial charge in [0.05, 0.1) is 0 Å². The number of nitrogens with one attached hydrogen (secondary N) is 1. The Balaban J connectivity index is 1.47. The van der Waals surface area contributed by atoms with Crippen LogP contribution in [0.15, 0.2) is 6.33 Å².